The van der Waals surface area contributed by atoms with Crippen LogP contribution in [-0.4, -0.2) is 41.7 Å². The molecule has 0 saturated heterocycles. The summed E-state index contributed by atoms with van der Waals surface area (Å²) in [4.78, 5) is 0. The van der Waals surface area contributed by atoms with Crippen LogP contribution in [0.2, 0.25) is 0 Å². The summed E-state index contributed by atoms with van der Waals surface area (Å²) in [5.41, 5.74) is 6.39. The first kappa shape index (κ1) is 44.3. The fourth-order valence-electron chi connectivity index (χ4n) is 7.58. The predicted octanol–water partition coefficient (Wildman–Crippen LogP) is 12.6. The van der Waals surface area contributed by atoms with Gasteiger partial charge in [-0.05, 0) is 133 Å². The lowest BCUT2D eigenvalue weighted by Crippen LogP contribution is -2.33. The Labute approximate surface area is 335 Å². The van der Waals surface area contributed by atoms with E-state index in [-0.39, 0.29) is 5.60 Å². The largest absolute Gasteiger partial charge is 0.508 e. The lowest BCUT2D eigenvalue weighted by molar-refractivity contribution is -0.0252. The maximum absolute atomic E-state index is 11.5. The SMILES string of the molecule is CC(C)(Cc1ccc(O)c(CC(C)(C)OCCCCCc2ccccc2)c1CC(C)(C)OCCCCCc1ccccc1)OCCCCCc1ccccc1. The van der Waals surface area contributed by atoms with Crippen molar-refractivity contribution in [3.8, 4) is 5.75 Å². The number of unbranched alkanes of at least 4 members (excludes halogenated alkanes) is 6. The second kappa shape index (κ2) is 23.0. The van der Waals surface area contributed by atoms with Gasteiger partial charge in [0, 0.05) is 44.6 Å². The highest BCUT2D eigenvalue weighted by atomic mass is 16.5. The van der Waals surface area contributed by atoms with E-state index in [2.05, 4.69) is 139 Å². The van der Waals surface area contributed by atoms with E-state index in [1.54, 1.807) is 0 Å². The molecule has 300 valence electrons. The van der Waals surface area contributed by atoms with E-state index in [0.717, 1.165) is 89.4 Å². The van der Waals surface area contributed by atoms with Crippen LogP contribution in [0.4, 0.5) is 0 Å². The van der Waals surface area contributed by atoms with Gasteiger partial charge >= 0.3 is 0 Å². The molecule has 0 atom stereocenters. The third-order valence-corrected chi connectivity index (χ3v) is 10.7. The summed E-state index contributed by atoms with van der Waals surface area (Å²) in [6, 6.07) is 36.2. The molecule has 0 spiro atoms. The molecular weight excluding hydrogens is 677 g/mol. The van der Waals surface area contributed by atoms with Crippen LogP contribution in [-0.2, 0) is 52.7 Å². The summed E-state index contributed by atoms with van der Waals surface area (Å²) >= 11 is 0. The van der Waals surface area contributed by atoms with E-state index >= 15 is 0 Å². The van der Waals surface area contributed by atoms with Crippen LogP contribution in [0.5, 0.6) is 5.75 Å². The van der Waals surface area contributed by atoms with Crippen molar-refractivity contribution in [3.63, 3.8) is 0 Å². The van der Waals surface area contributed by atoms with Gasteiger partial charge in [0.1, 0.15) is 5.75 Å². The van der Waals surface area contributed by atoms with Gasteiger partial charge in [-0.25, -0.2) is 0 Å². The number of aryl methyl sites for hydroxylation is 3. The molecule has 55 heavy (non-hydrogen) atoms. The highest BCUT2D eigenvalue weighted by molar-refractivity contribution is 5.46. The first-order valence-electron chi connectivity index (χ1n) is 21.3. The third kappa shape index (κ3) is 17.5. The van der Waals surface area contributed by atoms with Gasteiger partial charge in [-0.1, -0.05) is 116 Å². The molecule has 0 aliphatic heterocycles. The number of phenols is 1. The van der Waals surface area contributed by atoms with Gasteiger partial charge in [0.2, 0.25) is 0 Å². The molecule has 0 aromatic heterocycles. The summed E-state index contributed by atoms with van der Waals surface area (Å²) < 4.78 is 19.7. The number of phenolic OH excluding ortho intramolecular Hbond substituents is 1. The fourth-order valence-corrected chi connectivity index (χ4v) is 7.58. The summed E-state index contributed by atoms with van der Waals surface area (Å²) in [5.74, 6) is 0.340. The molecule has 4 aromatic rings. The van der Waals surface area contributed by atoms with E-state index in [1.807, 2.05) is 6.07 Å². The molecule has 4 nitrogen and oxygen atoms in total. The molecule has 4 rings (SSSR count). The van der Waals surface area contributed by atoms with Crippen LogP contribution in [0.1, 0.15) is 133 Å². The Kier molecular flexibility index (Phi) is 18.5. The zero-order valence-electron chi connectivity index (χ0n) is 35.2. The summed E-state index contributed by atoms with van der Waals surface area (Å²) in [6.45, 7) is 15.3. The van der Waals surface area contributed by atoms with Crippen molar-refractivity contribution < 1.29 is 19.3 Å². The standard InChI is InChI=1S/C51H72O4/c1-49(2,53-36-22-10-19-31-42-25-13-7-14-26-42)39-45-34-35-48(52)47(41-51(5,6)55-38-24-12-21-33-44-29-17-9-18-30-44)46(45)40-50(3,4)54-37-23-11-20-32-43-27-15-8-16-28-43/h7-9,13-18,25-30,34-35,52H,10-12,19-24,31-33,36-41H2,1-6H3. The van der Waals surface area contributed by atoms with Gasteiger partial charge in [0.25, 0.3) is 0 Å². The first-order chi connectivity index (χ1) is 26.4. The zero-order valence-corrected chi connectivity index (χ0v) is 35.2. The predicted molar refractivity (Wildman–Crippen MR) is 231 cm³/mol. The lowest BCUT2D eigenvalue weighted by atomic mass is 9.83. The van der Waals surface area contributed by atoms with Crippen molar-refractivity contribution in [1.29, 1.82) is 0 Å². The molecule has 0 unspecified atom stereocenters. The molecule has 0 saturated carbocycles. The highest BCUT2D eigenvalue weighted by Gasteiger charge is 2.30. The molecule has 0 heterocycles. The van der Waals surface area contributed by atoms with Crippen LogP contribution < -0.4 is 0 Å². The van der Waals surface area contributed by atoms with Gasteiger partial charge in [0.05, 0.1) is 16.8 Å². The smallest absolute Gasteiger partial charge is 0.119 e. The van der Waals surface area contributed by atoms with E-state index < -0.39 is 11.2 Å². The van der Waals surface area contributed by atoms with Crippen LogP contribution >= 0.6 is 0 Å². The average Bonchev–Trinajstić information content (AvgIpc) is 3.16. The van der Waals surface area contributed by atoms with Crippen molar-refractivity contribution in [2.24, 2.45) is 0 Å². The number of hydrogen-bond donors (Lipinski definition) is 1. The monoisotopic (exact) mass is 749 g/mol. The Bertz CT molecular complexity index is 1610. The van der Waals surface area contributed by atoms with Crippen LogP contribution in [0.3, 0.4) is 0 Å². The van der Waals surface area contributed by atoms with Gasteiger partial charge < -0.3 is 19.3 Å². The molecule has 0 amide bonds. The van der Waals surface area contributed by atoms with Crippen molar-refractivity contribution in [2.75, 3.05) is 19.8 Å². The van der Waals surface area contributed by atoms with E-state index in [9.17, 15) is 5.11 Å². The molecule has 1 N–H and O–H groups in total. The third-order valence-electron chi connectivity index (χ3n) is 10.7. The molecule has 4 heteroatoms. The second-order valence-corrected chi connectivity index (χ2v) is 17.4. The van der Waals surface area contributed by atoms with Crippen molar-refractivity contribution >= 4 is 0 Å². The molecule has 0 bridgehead atoms. The first-order valence-corrected chi connectivity index (χ1v) is 21.3. The maximum Gasteiger partial charge on any atom is 0.119 e. The van der Waals surface area contributed by atoms with Crippen molar-refractivity contribution in [2.45, 2.75) is 155 Å². The Morgan fingerprint density at radius 1 is 0.382 bits per heavy atom. The number of benzene rings is 4. The van der Waals surface area contributed by atoms with Crippen LogP contribution in [0.15, 0.2) is 103 Å². The van der Waals surface area contributed by atoms with E-state index in [4.69, 9.17) is 14.2 Å². The Morgan fingerprint density at radius 3 is 1.11 bits per heavy atom. The molecule has 0 fully saturated rings. The minimum absolute atomic E-state index is 0.340. The summed E-state index contributed by atoms with van der Waals surface area (Å²) in [6.07, 6.45) is 15.5. The van der Waals surface area contributed by atoms with E-state index in [0.29, 0.717) is 25.2 Å². The van der Waals surface area contributed by atoms with Gasteiger partial charge in [-0.2, -0.15) is 0 Å². The Hall–Kier alpha value is -3.44. The van der Waals surface area contributed by atoms with Gasteiger partial charge in [0.15, 0.2) is 0 Å². The number of rotatable bonds is 27. The fraction of sp³-hybridized carbons (Fsp3) is 0.529. The molecule has 0 radical (unpaired) electrons. The van der Waals surface area contributed by atoms with Gasteiger partial charge in [-0.15, -0.1) is 0 Å². The normalized spacial score (nSPS) is 12.3. The molecule has 0 aliphatic rings. The minimum Gasteiger partial charge on any atom is -0.508 e. The highest BCUT2D eigenvalue weighted by Crippen LogP contribution is 2.35. The lowest BCUT2D eigenvalue weighted by Gasteiger charge is -2.33. The second-order valence-electron chi connectivity index (χ2n) is 17.4. The van der Waals surface area contributed by atoms with Crippen molar-refractivity contribution in [3.05, 3.63) is 137 Å². The minimum atomic E-state index is -0.431. The van der Waals surface area contributed by atoms with Crippen molar-refractivity contribution in [1.82, 2.24) is 0 Å². The van der Waals surface area contributed by atoms with E-state index in [1.165, 1.54) is 40.7 Å². The topological polar surface area (TPSA) is 47.9 Å². The van der Waals surface area contributed by atoms with Crippen LogP contribution in [0.25, 0.3) is 0 Å². The van der Waals surface area contributed by atoms with Gasteiger partial charge in [-0.3, -0.25) is 0 Å². The number of ether oxygens (including phenoxy) is 3. The molecular formula is C51H72O4. The summed E-state index contributed by atoms with van der Waals surface area (Å²) in [5, 5.41) is 11.5. The average molecular weight is 749 g/mol. The zero-order chi connectivity index (χ0) is 39.4. The Balaban J connectivity index is 1.36. The maximum atomic E-state index is 11.5. The Morgan fingerprint density at radius 2 is 0.727 bits per heavy atom. The molecule has 4 aromatic carbocycles. The molecule has 0 aliphatic carbocycles. The number of aromatic hydroxyl groups is 1. The van der Waals surface area contributed by atoms with Crippen LogP contribution in [0, 0.1) is 0 Å². The summed E-state index contributed by atoms with van der Waals surface area (Å²) in [7, 11) is 0. The number of hydrogen-bond acceptors (Lipinski definition) is 4. The quantitative estimate of drug-likeness (QED) is 0.0617.